The maximum atomic E-state index is 5.72. The summed E-state index contributed by atoms with van der Waals surface area (Å²) in [5.41, 5.74) is 1.10. The van der Waals surface area contributed by atoms with Crippen molar-refractivity contribution in [1.29, 1.82) is 0 Å². The Hall–Kier alpha value is -1.22. The van der Waals surface area contributed by atoms with Crippen LogP contribution in [0.5, 0.6) is 11.5 Å². The standard InChI is InChI=1S/C20H33N3O3.HI/c1-5-10-26-18-8-7-16(12-19(18)24-4)13-22-20(21-6-2)23(3)14-17-9-11-25-15-17;/h7-8,12,17H,5-6,9-11,13-15H2,1-4H3,(H,21,22);1H. The van der Waals surface area contributed by atoms with Gasteiger partial charge >= 0.3 is 0 Å². The van der Waals surface area contributed by atoms with Crippen molar-refractivity contribution in [2.75, 3.05) is 47.1 Å². The van der Waals surface area contributed by atoms with Crippen molar-refractivity contribution in [3.8, 4) is 11.5 Å². The van der Waals surface area contributed by atoms with Gasteiger partial charge in [-0.1, -0.05) is 13.0 Å². The number of hydrogen-bond acceptors (Lipinski definition) is 4. The van der Waals surface area contributed by atoms with Crippen LogP contribution in [0.3, 0.4) is 0 Å². The van der Waals surface area contributed by atoms with Gasteiger partial charge in [-0.05, 0) is 37.5 Å². The predicted molar refractivity (Wildman–Crippen MR) is 121 cm³/mol. The largest absolute Gasteiger partial charge is 0.493 e. The van der Waals surface area contributed by atoms with Crippen LogP contribution in [-0.2, 0) is 11.3 Å². The summed E-state index contributed by atoms with van der Waals surface area (Å²) in [4.78, 5) is 6.98. The molecule has 1 aliphatic rings. The average molecular weight is 491 g/mol. The van der Waals surface area contributed by atoms with E-state index in [2.05, 4.69) is 31.1 Å². The van der Waals surface area contributed by atoms with Gasteiger partial charge in [0.05, 0.1) is 26.9 Å². The fraction of sp³-hybridized carbons (Fsp3) is 0.650. The lowest BCUT2D eigenvalue weighted by molar-refractivity contribution is 0.181. The smallest absolute Gasteiger partial charge is 0.193 e. The molecule has 1 atom stereocenters. The SMILES string of the molecule is CCCOc1ccc(CN=C(NCC)N(C)CC2CCOC2)cc1OC.I. The molecule has 154 valence electrons. The molecular weight excluding hydrogens is 457 g/mol. The lowest BCUT2D eigenvalue weighted by Gasteiger charge is -2.24. The number of rotatable bonds is 9. The topological polar surface area (TPSA) is 55.3 Å². The Morgan fingerprint density at radius 1 is 1.33 bits per heavy atom. The Labute approximate surface area is 180 Å². The third-order valence-electron chi connectivity index (χ3n) is 4.35. The van der Waals surface area contributed by atoms with Gasteiger partial charge in [0.15, 0.2) is 17.5 Å². The number of nitrogens with one attached hydrogen (secondary N) is 1. The molecule has 2 rings (SSSR count). The second-order valence-electron chi connectivity index (χ2n) is 6.61. The first kappa shape index (κ1) is 23.8. The van der Waals surface area contributed by atoms with Crippen LogP contribution >= 0.6 is 24.0 Å². The van der Waals surface area contributed by atoms with Gasteiger partial charge in [-0.15, -0.1) is 24.0 Å². The Balaban J connectivity index is 0.00000364. The van der Waals surface area contributed by atoms with Crippen molar-refractivity contribution < 1.29 is 14.2 Å². The first-order chi connectivity index (χ1) is 12.7. The summed E-state index contributed by atoms with van der Waals surface area (Å²) >= 11 is 0. The van der Waals surface area contributed by atoms with Gasteiger partial charge in [0, 0.05) is 32.7 Å². The van der Waals surface area contributed by atoms with E-state index in [4.69, 9.17) is 19.2 Å². The maximum absolute atomic E-state index is 5.72. The molecule has 6 nitrogen and oxygen atoms in total. The molecule has 0 aromatic heterocycles. The Morgan fingerprint density at radius 2 is 2.15 bits per heavy atom. The molecule has 1 unspecified atom stereocenters. The molecule has 1 N–H and O–H groups in total. The maximum Gasteiger partial charge on any atom is 0.193 e. The molecule has 7 heteroatoms. The Bertz CT molecular complexity index is 578. The van der Waals surface area contributed by atoms with E-state index in [0.717, 1.165) is 62.2 Å². The summed E-state index contributed by atoms with van der Waals surface area (Å²) < 4.78 is 16.7. The summed E-state index contributed by atoms with van der Waals surface area (Å²) in [6.07, 6.45) is 2.10. The van der Waals surface area contributed by atoms with Gasteiger partial charge in [-0.2, -0.15) is 0 Å². The number of aliphatic imine (C=N–C) groups is 1. The summed E-state index contributed by atoms with van der Waals surface area (Å²) in [6.45, 7) is 8.98. The van der Waals surface area contributed by atoms with Crippen molar-refractivity contribution in [3.63, 3.8) is 0 Å². The van der Waals surface area contributed by atoms with Crippen molar-refractivity contribution in [1.82, 2.24) is 10.2 Å². The van der Waals surface area contributed by atoms with E-state index in [-0.39, 0.29) is 24.0 Å². The second kappa shape index (κ2) is 13.0. The number of hydrogen-bond donors (Lipinski definition) is 1. The first-order valence-corrected chi connectivity index (χ1v) is 9.54. The van der Waals surface area contributed by atoms with Crippen LogP contribution in [-0.4, -0.2) is 57.9 Å². The van der Waals surface area contributed by atoms with Crippen molar-refractivity contribution in [2.24, 2.45) is 10.9 Å². The first-order valence-electron chi connectivity index (χ1n) is 9.54. The van der Waals surface area contributed by atoms with E-state index in [1.165, 1.54) is 0 Å². The van der Waals surface area contributed by atoms with E-state index >= 15 is 0 Å². The van der Waals surface area contributed by atoms with Crippen LogP contribution in [0.2, 0.25) is 0 Å². The minimum atomic E-state index is 0. The molecule has 0 spiro atoms. The number of benzene rings is 1. The molecule has 1 aliphatic heterocycles. The molecule has 27 heavy (non-hydrogen) atoms. The van der Waals surface area contributed by atoms with Crippen LogP contribution in [0, 0.1) is 5.92 Å². The molecule has 0 saturated carbocycles. The Morgan fingerprint density at radius 3 is 2.78 bits per heavy atom. The number of nitrogens with zero attached hydrogens (tertiary/aromatic N) is 2. The molecule has 1 aromatic carbocycles. The van der Waals surface area contributed by atoms with Crippen molar-refractivity contribution >= 4 is 29.9 Å². The van der Waals surface area contributed by atoms with E-state index in [1.54, 1.807) is 7.11 Å². The van der Waals surface area contributed by atoms with E-state index in [0.29, 0.717) is 19.1 Å². The van der Waals surface area contributed by atoms with Crippen molar-refractivity contribution in [3.05, 3.63) is 23.8 Å². The normalized spacial score (nSPS) is 16.6. The molecular formula is C20H34IN3O3. The highest BCUT2D eigenvalue weighted by Gasteiger charge is 2.19. The van der Waals surface area contributed by atoms with E-state index in [1.807, 2.05) is 18.2 Å². The zero-order chi connectivity index (χ0) is 18.8. The molecule has 1 saturated heterocycles. The van der Waals surface area contributed by atoms with Crippen LogP contribution in [0.25, 0.3) is 0 Å². The highest BCUT2D eigenvalue weighted by Crippen LogP contribution is 2.28. The predicted octanol–water partition coefficient (Wildman–Crippen LogP) is 3.54. The summed E-state index contributed by atoms with van der Waals surface area (Å²) in [5, 5.41) is 3.37. The van der Waals surface area contributed by atoms with Crippen molar-refractivity contribution in [2.45, 2.75) is 33.2 Å². The highest BCUT2D eigenvalue weighted by molar-refractivity contribution is 14.0. The molecule has 1 heterocycles. The fourth-order valence-electron chi connectivity index (χ4n) is 2.98. The fourth-order valence-corrected chi connectivity index (χ4v) is 2.98. The van der Waals surface area contributed by atoms with Gasteiger partial charge in [-0.25, -0.2) is 4.99 Å². The van der Waals surface area contributed by atoms with Crippen LogP contribution in [0.4, 0.5) is 0 Å². The van der Waals surface area contributed by atoms with Gasteiger partial charge in [0.25, 0.3) is 0 Å². The molecule has 0 aliphatic carbocycles. The quantitative estimate of drug-likeness (QED) is 0.326. The minimum absolute atomic E-state index is 0. The van der Waals surface area contributed by atoms with Crippen LogP contribution in [0.1, 0.15) is 32.3 Å². The molecule has 1 aromatic rings. The van der Waals surface area contributed by atoms with Gasteiger partial charge in [0.2, 0.25) is 0 Å². The number of methoxy groups -OCH3 is 1. The third-order valence-corrected chi connectivity index (χ3v) is 4.35. The number of guanidine groups is 1. The lowest BCUT2D eigenvalue weighted by atomic mass is 10.1. The summed E-state index contributed by atoms with van der Waals surface area (Å²) in [6, 6.07) is 6.01. The van der Waals surface area contributed by atoms with Crippen LogP contribution in [0.15, 0.2) is 23.2 Å². The zero-order valence-electron chi connectivity index (χ0n) is 17.0. The minimum Gasteiger partial charge on any atom is -0.493 e. The highest BCUT2D eigenvalue weighted by atomic mass is 127. The number of halogens is 1. The number of ether oxygens (including phenoxy) is 3. The van der Waals surface area contributed by atoms with Gasteiger partial charge < -0.3 is 24.4 Å². The van der Waals surface area contributed by atoms with E-state index < -0.39 is 0 Å². The Kier molecular flexibility index (Phi) is 11.5. The zero-order valence-corrected chi connectivity index (χ0v) is 19.3. The summed E-state index contributed by atoms with van der Waals surface area (Å²) in [7, 11) is 3.75. The third kappa shape index (κ3) is 7.73. The van der Waals surface area contributed by atoms with Gasteiger partial charge in [0.1, 0.15) is 0 Å². The monoisotopic (exact) mass is 491 g/mol. The molecule has 0 bridgehead atoms. The molecule has 1 fully saturated rings. The van der Waals surface area contributed by atoms with Crippen LogP contribution < -0.4 is 14.8 Å². The average Bonchev–Trinajstić information content (AvgIpc) is 3.16. The lowest BCUT2D eigenvalue weighted by Crippen LogP contribution is -2.41. The second-order valence-corrected chi connectivity index (χ2v) is 6.61. The van der Waals surface area contributed by atoms with E-state index in [9.17, 15) is 0 Å². The molecule has 0 amide bonds. The summed E-state index contributed by atoms with van der Waals surface area (Å²) in [5.74, 6) is 3.04. The molecule has 0 radical (unpaired) electrons. The van der Waals surface area contributed by atoms with Gasteiger partial charge in [-0.3, -0.25) is 0 Å².